The Morgan fingerprint density at radius 2 is 2.11 bits per heavy atom. The molecule has 0 spiro atoms. The molecule has 0 aromatic carbocycles. The zero-order valence-electron chi connectivity index (χ0n) is 11.3. The summed E-state index contributed by atoms with van der Waals surface area (Å²) in [7, 11) is 0. The van der Waals surface area contributed by atoms with Crippen LogP contribution in [0.25, 0.3) is 0 Å². The molecule has 108 valence electrons. The number of aliphatic carboxylic acids is 1. The molecule has 0 aliphatic carbocycles. The summed E-state index contributed by atoms with van der Waals surface area (Å²) in [6.07, 6.45) is 0.553. The Balaban J connectivity index is 2.32. The van der Waals surface area contributed by atoms with Crippen molar-refractivity contribution in [3.05, 3.63) is 0 Å². The smallest absolute Gasteiger partial charge is 0.317 e. The van der Waals surface area contributed by atoms with Crippen LogP contribution in [0.3, 0.4) is 0 Å². The maximum Gasteiger partial charge on any atom is 0.317 e. The van der Waals surface area contributed by atoms with Gasteiger partial charge in [0.1, 0.15) is 0 Å². The summed E-state index contributed by atoms with van der Waals surface area (Å²) >= 11 is 0. The van der Waals surface area contributed by atoms with E-state index in [1.54, 1.807) is 13.8 Å². The molecule has 1 aliphatic heterocycles. The predicted molar refractivity (Wildman–Crippen MR) is 66.6 cm³/mol. The Kier molecular flexibility index (Phi) is 5.14. The van der Waals surface area contributed by atoms with Crippen molar-refractivity contribution in [3.63, 3.8) is 0 Å². The number of carboxylic acid groups (broad SMARTS) is 1. The molecule has 1 atom stereocenters. The molecule has 1 aliphatic rings. The lowest BCUT2D eigenvalue weighted by atomic mass is 9.90. The second kappa shape index (κ2) is 6.40. The average molecular weight is 272 g/mol. The van der Waals surface area contributed by atoms with Crippen molar-refractivity contribution in [1.82, 2.24) is 10.2 Å². The molecule has 1 saturated heterocycles. The predicted octanol–water partition coefficient (Wildman–Crippen LogP) is 0.446. The first-order valence-electron chi connectivity index (χ1n) is 6.31. The summed E-state index contributed by atoms with van der Waals surface area (Å²) in [4.78, 5) is 35.3. The van der Waals surface area contributed by atoms with Crippen LogP contribution in [0.4, 0.5) is 4.79 Å². The highest BCUT2D eigenvalue weighted by atomic mass is 16.5. The number of hydrogen-bond acceptors (Lipinski definition) is 4. The van der Waals surface area contributed by atoms with Crippen molar-refractivity contribution < 1.29 is 24.2 Å². The van der Waals surface area contributed by atoms with E-state index in [0.29, 0.717) is 19.6 Å². The van der Waals surface area contributed by atoms with E-state index in [1.807, 2.05) is 0 Å². The molecule has 2 amide bonds. The standard InChI is InChI=1S/C12H20N2O5/c1-3-19-9(15)4-6-13-11(18)14-7-5-12(2,8-14)10(16)17/h3-8H2,1-2H3,(H,13,18)(H,16,17). The van der Waals surface area contributed by atoms with E-state index in [-0.39, 0.29) is 31.5 Å². The van der Waals surface area contributed by atoms with E-state index in [1.165, 1.54) is 4.90 Å². The van der Waals surface area contributed by atoms with Gasteiger partial charge in [-0.25, -0.2) is 4.79 Å². The second-order valence-corrected chi connectivity index (χ2v) is 4.82. The van der Waals surface area contributed by atoms with Gasteiger partial charge >= 0.3 is 18.0 Å². The molecule has 1 rings (SSSR count). The minimum atomic E-state index is -0.894. The van der Waals surface area contributed by atoms with Crippen LogP contribution < -0.4 is 5.32 Å². The van der Waals surface area contributed by atoms with E-state index >= 15 is 0 Å². The maximum atomic E-state index is 11.8. The highest BCUT2D eigenvalue weighted by Crippen LogP contribution is 2.29. The van der Waals surface area contributed by atoms with Crippen LogP contribution in [-0.2, 0) is 14.3 Å². The molecule has 0 saturated carbocycles. The number of hydrogen-bond donors (Lipinski definition) is 2. The van der Waals surface area contributed by atoms with Gasteiger partial charge in [0.25, 0.3) is 0 Å². The van der Waals surface area contributed by atoms with Crippen LogP contribution in [0.1, 0.15) is 26.7 Å². The lowest BCUT2D eigenvalue weighted by Crippen LogP contribution is -2.41. The summed E-state index contributed by atoms with van der Waals surface area (Å²) in [5, 5.41) is 11.6. The molecule has 0 aromatic rings. The SMILES string of the molecule is CCOC(=O)CCNC(=O)N1CCC(C)(C(=O)O)C1. The van der Waals surface area contributed by atoms with Crippen LogP contribution in [-0.4, -0.2) is 54.2 Å². The second-order valence-electron chi connectivity index (χ2n) is 4.82. The quantitative estimate of drug-likeness (QED) is 0.708. The first-order valence-corrected chi connectivity index (χ1v) is 6.31. The Labute approximate surface area is 111 Å². The zero-order valence-corrected chi connectivity index (χ0v) is 11.3. The third-order valence-electron chi connectivity index (χ3n) is 3.19. The normalized spacial score (nSPS) is 22.1. The number of urea groups is 1. The van der Waals surface area contributed by atoms with Crippen LogP contribution in [0, 0.1) is 5.41 Å². The monoisotopic (exact) mass is 272 g/mol. The molecule has 19 heavy (non-hydrogen) atoms. The number of nitrogens with zero attached hydrogens (tertiary/aromatic N) is 1. The van der Waals surface area contributed by atoms with E-state index in [4.69, 9.17) is 9.84 Å². The molecule has 1 heterocycles. The zero-order chi connectivity index (χ0) is 14.5. The van der Waals surface area contributed by atoms with Crippen molar-refractivity contribution in [1.29, 1.82) is 0 Å². The molecule has 7 heteroatoms. The molecule has 0 bridgehead atoms. The van der Waals surface area contributed by atoms with Crippen molar-refractivity contribution in [3.8, 4) is 0 Å². The number of carbonyl (C=O) groups excluding carboxylic acids is 2. The first-order chi connectivity index (χ1) is 8.89. The lowest BCUT2D eigenvalue weighted by molar-refractivity contribution is -0.147. The topological polar surface area (TPSA) is 95.9 Å². The van der Waals surface area contributed by atoms with E-state index in [9.17, 15) is 14.4 Å². The highest BCUT2D eigenvalue weighted by molar-refractivity contribution is 5.79. The van der Waals surface area contributed by atoms with Gasteiger partial charge in [0.15, 0.2) is 0 Å². The fraction of sp³-hybridized carbons (Fsp3) is 0.750. The number of rotatable bonds is 5. The van der Waals surface area contributed by atoms with Crippen molar-refractivity contribution in [2.75, 3.05) is 26.2 Å². The van der Waals surface area contributed by atoms with Crippen LogP contribution in [0.5, 0.6) is 0 Å². The van der Waals surface area contributed by atoms with Gasteiger partial charge in [-0.15, -0.1) is 0 Å². The third kappa shape index (κ3) is 4.11. The number of nitrogens with one attached hydrogen (secondary N) is 1. The van der Waals surface area contributed by atoms with Crippen molar-refractivity contribution in [2.24, 2.45) is 5.41 Å². The van der Waals surface area contributed by atoms with E-state index in [2.05, 4.69) is 5.32 Å². The Bertz CT molecular complexity index is 371. The number of carboxylic acids is 1. The largest absolute Gasteiger partial charge is 0.481 e. The summed E-state index contributed by atoms with van der Waals surface area (Å²) in [6.45, 7) is 4.45. The van der Waals surface area contributed by atoms with Gasteiger partial charge in [-0.3, -0.25) is 9.59 Å². The van der Waals surface area contributed by atoms with Gasteiger partial charge in [0.05, 0.1) is 18.4 Å². The summed E-state index contributed by atoms with van der Waals surface area (Å²) in [6, 6.07) is -0.339. The van der Waals surface area contributed by atoms with Gasteiger partial charge in [-0.05, 0) is 20.3 Å². The number of ether oxygens (including phenoxy) is 1. The lowest BCUT2D eigenvalue weighted by Gasteiger charge is -2.20. The Morgan fingerprint density at radius 1 is 1.42 bits per heavy atom. The van der Waals surface area contributed by atoms with Crippen molar-refractivity contribution in [2.45, 2.75) is 26.7 Å². The number of carbonyl (C=O) groups is 3. The van der Waals surface area contributed by atoms with Gasteiger partial charge in [-0.2, -0.15) is 0 Å². The number of esters is 1. The van der Waals surface area contributed by atoms with Gasteiger partial charge in [0, 0.05) is 19.6 Å². The van der Waals surface area contributed by atoms with Crippen LogP contribution in [0.2, 0.25) is 0 Å². The average Bonchev–Trinajstić information content (AvgIpc) is 2.74. The Morgan fingerprint density at radius 3 is 2.63 bits per heavy atom. The molecular formula is C12H20N2O5. The number of likely N-dealkylation sites (tertiary alicyclic amines) is 1. The summed E-state index contributed by atoms with van der Waals surface area (Å²) in [5.41, 5.74) is -0.877. The summed E-state index contributed by atoms with van der Waals surface area (Å²) in [5.74, 6) is -1.26. The Hall–Kier alpha value is -1.79. The van der Waals surface area contributed by atoms with Crippen LogP contribution in [0.15, 0.2) is 0 Å². The minimum Gasteiger partial charge on any atom is -0.481 e. The molecule has 0 radical (unpaired) electrons. The molecule has 2 N–H and O–H groups in total. The minimum absolute atomic E-state index is 0.115. The van der Waals surface area contributed by atoms with E-state index < -0.39 is 11.4 Å². The molecule has 0 aromatic heterocycles. The molecular weight excluding hydrogens is 252 g/mol. The van der Waals surface area contributed by atoms with Gasteiger partial charge in [0.2, 0.25) is 0 Å². The third-order valence-corrected chi connectivity index (χ3v) is 3.19. The molecule has 7 nitrogen and oxygen atoms in total. The fourth-order valence-electron chi connectivity index (χ4n) is 1.93. The van der Waals surface area contributed by atoms with Gasteiger partial charge < -0.3 is 20.1 Å². The van der Waals surface area contributed by atoms with Crippen molar-refractivity contribution >= 4 is 18.0 Å². The molecule has 1 fully saturated rings. The van der Waals surface area contributed by atoms with Crippen LogP contribution >= 0.6 is 0 Å². The summed E-state index contributed by atoms with van der Waals surface area (Å²) < 4.78 is 4.73. The number of amides is 2. The first kappa shape index (κ1) is 15.3. The van der Waals surface area contributed by atoms with Gasteiger partial charge in [-0.1, -0.05) is 0 Å². The fourth-order valence-corrected chi connectivity index (χ4v) is 1.93. The maximum absolute atomic E-state index is 11.8. The highest BCUT2D eigenvalue weighted by Gasteiger charge is 2.42. The molecule has 1 unspecified atom stereocenters. The van der Waals surface area contributed by atoms with E-state index in [0.717, 1.165) is 0 Å².